The molecule has 0 spiro atoms. The third-order valence-corrected chi connectivity index (χ3v) is 3.44. The number of alkyl halides is 3. The minimum Gasteiger partial charge on any atom is -0.372 e. The number of hydrogen-bond acceptors (Lipinski definition) is 3. The molecule has 0 bridgehead atoms. The van der Waals surface area contributed by atoms with Gasteiger partial charge in [0, 0.05) is 31.8 Å². The Morgan fingerprint density at radius 2 is 2.06 bits per heavy atom. The van der Waals surface area contributed by atoms with E-state index in [1.54, 1.807) is 0 Å². The lowest BCUT2D eigenvalue weighted by Gasteiger charge is -2.40. The van der Waals surface area contributed by atoms with Crippen LogP contribution in [0.4, 0.5) is 13.2 Å². The molecule has 1 saturated heterocycles. The van der Waals surface area contributed by atoms with Crippen molar-refractivity contribution in [3.63, 3.8) is 0 Å². The summed E-state index contributed by atoms with van der Waals surface area (Å²) in [6.07, 6.45) is -0.191. The molecule has 0 amide bonds. The van der Waals surface area contributed by atoms with E-state index >= 15 is 0 Å². The molecular formula is C12H23F3N2O. The van der Waals surface area contributed by atoms with Crippen LogP contribution >= 0.6 is 0 Å². The van der Waals surface area contributed by atoms with Crippen molar-refractivity contribution in [1.82, 2.24) is 4.90 Å². The van der Waals surface area contributed by atoms with Crippen LogP contribution < -0.4 is 5.73 Å². The highest BCUT2D eigenvalue weighted by molar-refractivity contribution is 4.82. The van der Waals surface area contributed by atoms with E-state index in [2.05, 4.69) is 16.6 Å². The summed E-state index contributed by atoms with van der Waals surface area (Å²) in [5.41, 5.74) is 5.72. The molecule has 2 unspecified atom stereocenters. The molecule has 108 valence electrons. The summed E-state index contributed by atoms with van der Waals surface area (Å²) in [6, 6.07) is 0.839. The zero-order valence-electron chi connectivity index (χ0n) is 10.9. The summed E-state index contributed by atoms with van der Waals surface area (Å²) >= 11 is 0. The molecule has 1 aliphatic heterocycles. The molecule has 1 heterocycles. The summed E-state index contributed by atoms with van der Waals surface area (Å²) in [5, 5.41) is 0. The molecule has 1 aliphatic rings. The fourth-order valence-electron chi connectivity index (χ4n) is 2.53. The molecule has 0 aromatic carbocycles. The highest BCUT2D eigenvalue weighted by atomic mass is 19.4. The summed E-state index contributed by atoms with van der Waals surface area (Å²) < 4.78 is 40.2. The third kappa shape index (κ3) is 5.54. The van der Waals surface area contributed by atoms with E-state index in [1.807, 2.05) is 0 Å². The van der Waals surface area contributed by atoms with Crippen molar-refractivity contribution >= 4 is 0 Å². The predicted octanol–water partition coefficient (Wildman–Crippen LogP) is 2.16. The Bertz CT molecular complexity index is 236. The van der Waals surface area contributed by atoms with E-state index in [0.717, 1.165) is 19.4 Å². The minimum atomic E-state index is -4.22. The van der Waals surface area contributed by atoms with Gasteiger partial charge in [-0.2, -0.15) is 13.2 Å². The first-order valence-corrected chi connectivity index (χ1v) is 6.54. The van der Waals surface area contributed by atoms with Crippen LogP contribution in [-0.2, 0) is 4.74 Å². The number of ether oxygens (including phenoxy) is 1. The Kier molecular flexibility index (Phi) is 6.38. The SMILES string of the molecule is CC1CCCC(CN)N1CCCOCC(F)(F)F. The number of nitrogens with zero attached hydrogens (tertiary/aromatic N) is 1. The second-order valence-electron chi connectivity index (χ2n) is 4.93. The van der Waals surface area contributed by atoms with Gasteiger partial charge in [-0.3, -0.25) is 4.90 Å². The average Bonchev–Trinajstić information content (AvgIpc) is 2.29. The van der Waals surface area contributed by atoms with E-state index in [0.29, 0.717) is 25.0 Å². The van der Waals surface area contributed by atoms with Crippen molar-refractivity contribution in [3.05, 3.63) is 0 Å². The number of likely N-dealkylation sites (tertiary alicyclic amines) is 1. The number of nitrogens with two attached hydrogens (primary N) is 1. The molecular weight excluding hydrogens is 245 g/mol. The van der Waals surface area contributed by atoms with Gasteiger partial charge in [0.2, 0.25) is 0 Å². The van der Waals surface area contributed by atoms with E-state index in [-0.39, 0.29) is 6.61 Å². The van der Waals surface area contributed by atoms with Gasteiger partial charge >= 0.3 is 6.18 Å². The van der Waals surface area contributed by atoms with Crippen LogP contribution in [0.15, 0.2) is 0 Å². The molecule has 18 heavy (non-hydrogen) atoms. The van der Waals surface area contributed by atoms with Crippen LogP contribution in [0.5, 0.6) is 0 Å². The van der Waals surface area contributed by atoms with Gasteiger partial charge in [0.15, 0.2) is 0 Å². The largest absolute Gasteiger partial charge is 0.411 e. The Morgan fingerprint density at radius 1 is 1.33 bits per heavy atom. The third-order valence-electron chi connectivity index (χ3n) is 3.44. The number of hydrogen-bond donors (Lipinski definition) is 1. The predicted molar refractivity (Wildman–Crippen MR) is 64.4 cm³/mol. The Morgan fingerprint density at radius 3 is 2.67 bits per heavy atom. The lowest BCUT2D eigenvalue weighted by molar-refractivity contribution is -0.174. The second-order valence-corrected chi connectivity index (χ2v) is 4.93. The quantitative estimate of drug-likeness (QED) is 0.750. The van der Waals surface area contributed by atoms with Gasteiger partial charge in [-0.15, -0.1) is 0 Å². The maximum atomic E-state index is 11.9. The van der Waals surface area contributed by atoms with Crippen LogP contribution in [0.3, 0.4) is 0 Å². The minimum absolute atomic E-state index is 0.153. The summed E-state index contributed by atoms with van der Waals surface area (Å²) in [5.74, 6) is 0. The van der Waals surface area contributed by atoms with Crippen molar-refractivity contribution in [3.8, 4) is 0 Å². The monoisotopic (exact) mass is 268 g/mol. The highest BCUT2D eigenvalue weighted by Gasteiger charge is 2.28. The molecule has 2 N–H and O–H groups in total. The van der Waals surface area contributed by atoms with Crippen LogP contribution in [0.25, 0.3) is 0 Å². The number of piperidine rings is 1. The van der Waals surface area contributed by atoms with Crippen molar-refractivity contribution in [2.24, 2.45) is 5.73 Å². The number of halogens is 3. The van der Waals surface area contributed by atoms with Crippen LogP contribution in [0, 0.1) is 0 Å². The van der Waals surface area contributed by atoms with E-state index in [4.69, 9.17) is 5.73 Å². The second kappa shape index (κ2) is 7.31. The first-order valence-electron chi connectivity index (χ1n) is 6.54. The summed E-state index contributed by atoms with van der Waals surface area (Å²) in [4.78, 5) is 2.31. The van der Waals surface area contributed by atoms with Gasteiger partial charge in [-0.1, -0.05) is 6.42 Å². The van der Waals surface area contributed by atoms with Crippen LogP contribution in [0.1, 0.15) is 32.6 Å². The molecule has 0 aromatic heterocycles. The van der Waals surface area contributed by atoms with E-state index in [1.165, 1.54) is 6.42 Å². The van der Waals surface area contributed by atoms with Crippen molar-refractivity contribution in [1.29, 1.82) is 0 Å². The fourth-order valence-corrected chi connectivity index (χ4v) is 2.53. The molecule has 2 atom stereocenters. The molecule has 1 rings (SSSR count). The summed E-state index contributed by atoms with van der Waals surface area (Å²) in [6.45, 7) is 2.54. The highest BCUT2D eigenvalue weighted by Crippen LogP contribution is 2.22. The van der Waals surface area contributed by atoms with Crippen molar-refractivity contribution in [2.75, 3.05) is 26.3 Å². The van der Waals surface area contributed by atoms with Gasteiger partial charge in [0.1, 0.15) is 6.61 Å². The molecule has 0 radical (unpaired) electrons. The standard InChI is InChI=1S/C12H23F3N2O/c1-10-4-2-5-11(8-16)17(10)6-3-7-18-9-12(13,14)15/h10-11H,2-9,16H2,1H3. The number of rotatable bonds is 6. The Balaban J connectivity index is 2.20. The van der Waals surface area contributed by atoms with Crippen LogP contribution in [-0.4, -0.2) is 49.5 Å². The van der Waals surface area contributed by atoms with Crippen LogP contribution in [0.2, 0.25) is 0 Å². The molecule has 6 heteroatoms. The molecule has 0 aliphatic carbocycles. The van der Waals surface area contributed by atoms with Gasteiger partial charge in [0.05, 0.1) is 0 Å². The maximum Gasteiger partial charge on any atom is 0.411 e. The average molecular weight is 268 g/mol. The van der Waals surface area contributed by atoms with Crippen molar-refractivity contribution < 1.29 is 17.9 Å². The first kappa shape index (κ1) is 15.7. The lowest BCUT2D eigenvalue weighted by atomic mass is 9.96. The van der Waals surface area contributed by atoms with E-state index < -0.39 is 12.8 Å². The van der Waals surface area contributed by atoms with Crippen molar-refractivity contribution in [2.45, 2.75) is 50.9 Å². The maximum absolute atomic E-state index is 11.9. The zero-order valence-corrected chi connectivity index (χ0v) is 10.9. The molecule has 0 saturated carbocycles. The fraction of sp³-hybridized carbons (Fsp3) is 1.00. The Labute approximate surface area is 106 Å². The van der Waals surface area contributed by atoms with Gasteiger partial charge in [-0.25, -0.2) is 0 Å². The van der Waals surface area contributed by atoms with Gasteiger partial charge < -0.3 is 10.5 Å². The van der Waals surface area contributed by atoms with Gasteiger partial charge in [0.25, 0.3) is 0 Å². The molecule has 3 nitrogen and oxygen atoms in total. The summed E-state index contributed by atoms with van der Waals surface area (Å²) in [7, 11) is 0. The molecule has 1 fully saturated rings. The van der Waals surface area contributed by atoms with E-state index in [9.17, 15) is 13.2 Å². The normalized spacial score (nSPS) is 26.5. The molecule has 0 aromatic rings. The first-order chi connectivity index (χ1) is 8.44. The topological polar surface area (TPSA) is 38.5 Å². The smallest absolute Gasteiger partial charge is 0.372 e. The Hall–Kier alpha value is -0.330. The van der Waals surface area contributed by atoms with Gasteiger partial charge in [-0.05, 0) is 26.2 Å². The lowest BCUT2D eigenvalue weighted by Crippen LogP contribution is -2.49. The zero-order chi connectivity index (χ0) is 13.6.